The van der Waals surface area contributed by atoms with Gasteiger partial charge in [-0.15, -0.1) is 0 Å². The molecule has 35 heavy (non-hydrogen) atoms. The lowest BCUT2D eigenvalue weighted by Gasteiger charge is -2.18. The van der Waals surface area contributed by atoms with E-state index >= 15 is 0 Å². The van der Waals surface area contributed by atoms with Crippen molar-refractivity contribution in [3.63, 3.8) is 0 Å². The largest absolute Gasteiger partial charge is 0.390 e. The van der Waals surface area contributed by atoms with Crippen LogP contribution >= 0.6 is 0 Å². The van der Waals surface area contributed by atoms with Crippen LogP contribution in [0.3, 0.4) is 0 Å². The summed E-state index contributed by atoms with van der Waals surface area (Å²) in [4.78, 5) is 0. The standard InChI is InChI=1S/C30H29N3O2/c34-21(19-32-27-13-5-1-9-23(27)24-10-2-6-14-28(24)32)17-31-18-22(35)20-33-29-15-7-3-11-25(29)26-12-4-8-16-30(26)33/h1-16,21-22,31,34-35H,17-20H2/t21-,22+. The van der Waals surface area contributed by atoms with Crippen molar-refractivity contribution in [3.05, 3.63) is 97.1 Å². The predicted octanol–water partition coefficient (Wildman–Crippen LogP) is 4.91. The van der Waals surface area contributed by atoms with Gasteiger partial charge in [-0.2, -0.15) is 0 Å². The SMILES string of the molecule is O[C@H](CNC[C@H](O)Cn1c2ccccc2c2ccccc21)Cn1c2ccccc2c2ccccc21. The van der Waals surface area contributed by atoms with Crippen molar-refractivity contribution in [1.29, 1.82) is 0 Å². The van der Waals surface area contributed by atoms with E-state index in [9.17, 15) is 10.2 Å². The molecule has 0 fully saturated rings. The third-order valence-electron chi connectivity index (χ3n) is 6.91. The molecule has 2 aromatic heterocycles. The Morgan fingerprint density at radius 3 is 1.09 bits per heavy atom. The van der Waals surface area contributed by atoms with E-state index in [1.54, 1.807) is 0 Å². The molecule has 6 aromatic rings. The Morgan fingerprint density at radius 1 is 0.486 bits per heavy atom. The summed E-state index contributed by atoms with van der Waals surface area (Å²) >= 11 is 0. The molecule has 0 aliphatic carbocycles. The van der Waals surface area contributed by atoms with E-state index < -0.39 is 12.2 Å². The number of fused-ring (bicyclic) bond motifs is 6. The van der Waals surface area contributed by atoms with Gasteiger partial charge in [0.1, 0.15) is 0 Å². The van der Waals surface area contributed by atoms with Gasteiger partial charge in [0, 0.05) is 56.7 Å². The Hall–Kier alpha value is -3.64. The van der Waals surface area contributed by atoms with Crippen LogP contribution < -0.4 is 5.32 Å². The van der Waals surface area contributed by atoms with Crippen molar-refractivity contribution in [1.82, 2.24) is 14.5 Å². The topological polar surface area (TPSA) is 62.3 Å². The molecule has 2 atom stereocenters. The monoisotopic (exact) mass is 463 g/mol. The maximum absolute atomic E-state index is 10.8. The Kier molecular flexibility index (Phi) is 5.74. The molecular weight excluding hydrogens is 434 g/mol. The molecule has 0 radical (unpaired) electrons. The lowest BCUT2D eigenvalue weighted by Crippen LogP contribution is -2.36. The fourth-order valence-electron chi connectivity index (χ4n) is 5.37. The van der Waals surface area contributed by atoms with Crippen LogP contribution in [0.25, 0.3) is 43.6 Å². The minimum Gasteiger partial charge on any atom is -0.390 e. The molecule has 5 nitrogen and oxygen atoms in total. The number of nitrogens with one attached hydrogen (secondary N) is 1. The van der Waals surface area contributed by atoms with Crippen LogP contribution in [0.4, 0.5) is 0 Å². The zero-order chi connectivity index (χ0) is 23.8. The van der Waals surface area contributed by atoms with E-state index in [4.69, 9.17) is 0 Å². The van der Waals surface area contributed by atoms with E-state index in [2.05, 4.69) is 87.2 Å². The first-order valence-electron chi connectivity index (χ1n) is 12.2. The summed E-state index contributed by atoms with van der Waals surface area (Å²) in [5.41, 5.74) is 4.50. The van der Waals surface area contributed by atoms with Crippen LogP contribution in [0.1, 0.15) is 0 Å². The van der Waals surface area contributed by atoms with Crippen LogP contribution in [0.5, 0.6) is 0 Å². The molecular formula is C30H29N3O2. The van der Waals surface area contributed by atoms with Crippen molar-refractivity contribution in [2.24, 2.45) is 0 Å². The molecule has 0 spiro atoms. The van der Waals surface area contributed by atoms with Crippen LogP contribution in [-0.4, -0.2) is 44.6 Å². The molecule has 176 valence electrons. The zero-order valence-corrected chi connectivity index (χ0v) is 19.5. The lowest BCUT2D eigenvalue weighted by atomic mass is 10.2. The molecule has 0 unspecified atom stereocenters. The Bertz CT molecular complexity index is 1400. The fourth-order valence-corrected chi connectivity index (χ4v) is 5.37. The molecule has 5 heteroatoms. The average Bonchev–Trinajstić information content (AvgIpc) is 3.38. The van der Waals surface area contributed by atoms with E-state index in [0.29, 0.717) is 26.2 Å². The lowest BCUT2D eigenvalue weighted by molar-refractivity contribution is 0.128. The highest BCUT2D eigenvalue weighted by Gasteiger charge is 2.15. The van der Waals surface area contributed by atoms with Gasteiger partial charge in [-0.25, -0.2) is 0 Å². The van der Waals surface area contributed by atoms with Gasteiger partial charge < -0.3 is 24.7 Å². The Balaban J connectivity index is 1.13. The van der Waals surface area contributed by atoms with Gasteiger partial charge in [0.05, 0.1) is 25.3 Å². The number of rotatable bonds is 8. The van der Waals surface area contributed by atoms with Crippen LogP contribution in [0, 0.1) is 0 Å². The minimum atomic E-state index is -0.574. The highest BCUT2D eigenvalue weighted by molar-refractivity contribution is 6.08. The summed E-state index contributed by atoms with van der Waals surface area (Å²) in [5, 5.41) is 29.7. The van der Waals surface area contributed by atoms with Crippen LogP contribution in [0.15, 0.2) is 97.1 Å². The second-order valence-electron chi connectivity index (χ2n) is 9.26. The molecule has 0 amide bonds. The third kappa shape index (κ3) is 3.98. The average molecular weight is 464 g/mol. The molecule has 0 saturated carbocycles. The number of hydrogen-bond donors (Lipinski definition) is 3. The second kappa shape index (κ2) is 9.19. The Labute approximate surface area is 203 Å². The first-order chi connectivity index (χ1) is 17.2. The number of nitrogens with zero attached hydrogens (tertiary/aromatic N) is 2. The number of hydrogen-bond acceptors (Lipinski definition) is 3. The summed E-state index contributed by atoms with van der Waals surface area (Å²) in [7, 11) is 0. The van der Waals surface area contributed by atoms with E-state index in [-0.39, 0.29) is 0 Å². The summed E-state index contributed by atoms with van der Waals surface area (Å²) in [6.45, 7) is 1.80. The highest BCUT2D eigenvalue weighted by atomic mass is 16.3. The number of aliphatic hydroxyl groups is 2. The van der Waals surface area contributed by atoms with Gasteiger partial charge in [-0.05, 0) is 24.3 Å². The van der Waals surface area contributed by atoms with E-state index in [0.717, 1.165) is 22.1 Å². The van der Waals surface area contributed by atoms with Crippen molar-refractivity contribution in [2.75, 3.05) is 13.1 Å². The first-order valence-corrected chi connectivity index (χ1v) is 12.2. The van der Waals surface area contributed by atoms with Gasteiger partial charge >= 0.3 is 0 Å². The molecule has 0 aliphatic rings. The maximum Gasteiger partial charge on any atom is 0.0843 e. The summed E-state index contributed by atoms with van der Waals surface area (Å²) in [6, 6.07) is 33.3. The van der Waals surface area contributed by atoms with Gasteiger partial charge in [-0.1, -0.05) is 72.8 Å². The van der Waals surface area contributed by atoms with Crippen molar-refractivity contribution >= 4 is 43.6 Å². The van der Waals surface area contributed by atoms with Crippen LogP contribution in [-0.2, 0) is 13.1 Å². The number of benzene rings is 4. The van der Waals surface area contributed by atoms with Gasteiger partial charge in [0.15, 0.2) is 0 Å². The van der Waals surface area contributed by atoms with E-state index in [1.807, 2.05) is 24.3 Å². The first kappa shape index (κ1) is 21.9. The van der Waals surface area contributed by atoms with Gasteiger partial charge in [0.25, 0.3) is 0 Å². The molecule has 0 aliphatic heterocycles. The Morgan fingerprint density at radius 2 is 0.771 bits per heavy atom. The van der Waals surface area contributed by atoms with E-state index in [1.165, 1.54) is 21.5 Å². The summed E-state index contributed by atoms with van der Waals surface area (Å²) in [6.07, 6.45) is -1.15. The summed E-state index contributed by atoms with van der Waals surface area (Å²) < 4.78 is 4.37. The fraction of sp³-hybridized carbons (Fsp3) is 0.200. The quantitative estimate of drug-likeness (QED) is 0.300. The van der Waals surface area contributed by atoms with Crippen molar-refractivity contribution in [3.8, 4) is 0 Å². The molecule has 4 aromatic carbocycles. The molecule has 0 bridgehead atoms. The second-order valence-corrected chi connectivity index (χ2v) is 9.26. The number of aliphatic hydroxyl groups excluding tert-OH is 2. The minimum absolute atomic E-state index is 0.408. The normalized spacial score (nSPS) is 13.8. The number of para-hydroxylation sites is 4. The number of aromatic nitrogens is 2. The van der Waals surface area contributed by atoms with Crippen molar-refractivity contribution in [2.45, 2.75) is 25.3 Å². The predicted molar refractivity (Wildman–Crippen MR) is 144 cm³/mol. The zero-order valence-electron chi connectivity index (χ0n) is 19.5. The molecule has 3 N–H and O–H groups in total. The smallest absolute Gasteiger partial charge is 0.0843 e. The van der Waals surface area contributed by atoms with Crippen LogP contribution in [0.2, 0.25) is 0 Å². The molecule has 2 heterocycles. The highest BCUT2D eigenvalue weighted by Crippen LogP contribution is 2.30. The molecule has 0 saturated heterocycles. The maximum atomic E-state index is 10.8. The van der Waals surface area contributed by atoms with Gasteiger partial charge in [0.2, 0.25) is 0 Å². The summed E-state index contributed by atoms with van der Waals surface area (Å²) in [5.74, 6) is 0. The molecule has 6 rings (SSSR count). The van der Waals surface area contributed by atoms with Gasteiger partial charge in [-0.3, -0.25) is 0 Å². The van der Waals surface area contributed by atoms with Crippen molar-refractivity contribution < 1.29 is 10.2 Å². The third-order valence-corrected chi connectivity index (χ3v) is 6.91.